The molecule has 6 nitrogen and oxygen atoms in total. The predicted octanol–water partition coefficient (Wildman–Crippen LogP) is 5.88. The standard InChI is InChI=1S/C24H20Br2N2O4/c1-30-21-7-4-15(26)10-17(21)24-27-18(13-2-6-22-23(8-13)32-12-31-22)11-19(28-24)16-9-14(25)3-5-20(16)29/h2-10,19,24,28-29H,11-12H2,1H3/t19-,24-/m1/s1. The number of nitrogens with zero attached hydrogens (tertiary/aromatic N) is 1. The highest BCUT2D eigenvalue weighted by Gasteiger charge is 2.30. The van der Waals surface area contributed by atoms with E-state index in [-0.39, 0.29) is 24.8 Å². The van der Waals surface area contributed by atoms with Crippen LogP contribution in [0.3, 0.4) is 0 Å². The Bertz CT molecular complexity index is 1210. The molecule has 3 aromatic carbocycles. The van der Waals surface area contributed by atoms with Gasteiger partial charge in [-0.25, -0.2) is 0 Å². The third-order valence-electron chi connectivity index (χ3n) is 5.60. The maximum Gasteiger partial charge on any atom is 0.231 e. The summed E-state index contributed by atoms with van der Waals surface area (Å²) in [6.45, 7) is 0.221. The molecule has 164 valence electrons. The Kier molecular flexibility index (Phi) is 5.84. The molecular formula is C24H20Br2N2O4. The van der Waals surface area contributed by atoms with Crippen molar-refractivity contribution in [2.75, 3.05) is 13.9 Å². The quantitative estimate of drug-likeness (QED) is 0.418. The number of hydrogen-bond donors (Lipinski definition) is 2. The van der Waals surface area contributed by atoms with E-state index in [1.165, 1.54) is 0 Å². The molecule has 2 aliphatic rings. The molecule has 2 aliphatic heterocycles. The summed E-state index contributed by atoms with van der Waals surface area (Å²) in [5.41, 5.74) is 3.55. The maximum atomic E-state index is 10.6. The molecule has 0 fully saturated rings. The third-order valence-corrected chi connectivity index (χ3v) is 6.59. The highest BCUT2D eigenvalue weighted by atomic mass is 79.9. The normalized spacial score (nSPS) is 19.5. The van der Waals surface area contributed by atoms with E-state index in [2.05, 4.69) is 37.2 Å². The lowest BCUT2D eigenvalue weighted by Crippen LogP contribution is -2.33. The van der Waals surface area contributed by atoms with Crippen molar-refractivity contribution in [3.05, 3.63) is 80.2 Å². The van der Waals surface area contributed by atoms with E-state index in [0.717, 1.165) is 42.8 Å². The van der Waals surface area contributed by atoms with E-state index in [9.17, 15) is 5.11 Å². The summed E-state index contributed by atoms with van der Waals surface area (Å²) in [5.74, 6) is 2.41. The van der Waals surface area contributed by atoms with Gasteiger partial charge in [0.25, 0.3) is 0 Å². The average molecular weight is 560 g/mol. The van der Waals surface area contributed by atoms with Crippen LogP contribution in [0.5, 0.6) is 23.0 Å². The Morgan fingerprint density at radius 1 is 0.969 bits per heavy atom. The van der Waals surface area contributed by atoms with E-state index >= 15 is 0 Å². The fraction of sp³-hybridized carbons (Fsp3) is 0.208. The van der Waals surface area contributed by atoms with Gasteiger partial charge >= 0.3 is 0 Å². The number of halogens is 2. The molecule has 0 saturated heterocycles. The number of aliphatic imine (C=N–C) groups is 1. The number of benzene rings is 3. The fourth-order valence-corrected chi connectivity index (χ4v) is 4.80. The SMILES string of the molecule is COc1ccc(Br)cc1[C@@H]1N=C(c2ccc3c(c2)OCO3)C[C@H](c2cc(Br)ccc2O)N1. The van der Waals surface area contributed by atoms with Crippen LogP contribution in [0, 0.1) is 0 Å². The lowest BCUT2D eigenvalue weighted by molar-refractivity contribution is 0.174. The van der Waals surface area contributed by atoms with Crippen molar-refractivity contribution in [1.29, 1.82) is 0 Å². The van der Waals surface area contributed by atoms with Crippen LogP contribution in [0.1, 0.15) is 35.3 Å². The first-order valence-corrected chi connectivity index (χ1v) is 11.6. The van der Waals surface area contributed by atoms with Gasteiger partial charge in [0, 0.05) is 38.2 Å². The first-order valence-electron chi connectivity index (χ1n) is 10.1. The first-order chi connectivity index (χ1) is 15.5. The van der Waals surface area contributed by atoms with E-state index in [4.69, 9.17) is 19.2 Å². The van der Waals surface area contributed by atoms with Gasteiger partial charge in [0.2, 0.25) is 6.79 Å². The molecule has 3 aromatic rings. The van der Waals surface area contributed by atoms with Gasteiger partial charge in [-0.1, -0.05) is 31.9 Å². The second kappa shape index (κ2) is 8.77. The minimum atomic E-state index is -0.375. The van der Waals surface area contributed by atoms with E-state index in [1.807, 2.05) is 48.5 Å². The number of rotatable bonds is 4. The van der Waals surface area contributed by atoms with Gasteiger partial charge in [0.15, 0.2) is 11.5 Å². The Balaban J connectivity index is 1.61. The number of nitrogens with one attached hydrogen (secondary N) is 1. The molecule has 0 bridgehead atoms. The van der Waals surface area contributed by atoms with Gasteiger partial charge in [-0.3, -0.25) is 10.3 Å². The number of fused-ring (bicyclic) bond motifs is 1. The Morgan fingerprint density at radius 3 is 2.53 bits per heavy atom. The van der Waals surface area contributed by atoms with E-state index in [1.54, 1.807) is 13.2 Å². The smallest absolute Gasteiger partial charge is 0.231 e. The molecule has 0 radical (unpaired) electrons. The monoisotopic (exact) mass is 558 g/mol. The van der Waals surface area contributed by atoms with Gasteiger partial charge in [-0.2, -0.15) is 0 Å². The molecule has 5 rings (SSSR count). The minimum Gasteiger partial charge on any atom is -0.508 e. The number of aromatic hydroxyl groups is 1. The summed E-state index contributed by atoms with van der Waals surface area (Å²) in [4.78, 5) is 5.04. The van der Waals surface area contributed by atoms with Gasteiger partial charge in [-0.15, -0.1) is 0 Å². The average Bonchev–Trinajstić information content (AvgIpc) is 3.28. The summed E-state index contributed by atoms with van der Waals surface area (Å²) < 4.78 is 18.5. The first kappa shape index (κ1) is 21.3. The summed E-state index contributed by atoms with van der Waals surface area (Å²) in [6.07, 6.45) is 0.219. The van der Waals surface area contributed by atoms with Crippen molar-refractivity contribution in [3.8, 4) is 23.0 Å². The summed E-state index contributed by atoms with van der Waals surface area (Å²) in [7, 11) is 1.65. The van der Waals surface area contributed by atoms with Gasteiger partial charge < -0.3 is 19.3 Å². The third kappa shape index (κ3) is 4.10. The molecule has 2 heterocycles. The van der Waals surface area contributed by atoms with Crippen LogP contribution in [-0.4, -0.2) is 24.7 Å². The Morgan fingerprint density at radius 2 is 1.72 bits per heavy atom. The van der Waals surface area contributed by atoms with Crippen LogP contribution >= 0.6 is 31.9 Å². The second-order valence-corrected chi connectivity index (χ2v) is 9.39. The lowest BCUT2D eigenvalue weighted by Gasteiger charge is -2.31. The molecule has 32 heavy (non-hydrogen) atoms. The van der Waals surface area contributed by atoms with Crippen molar-refractivity contribution in [1.82, 2.24) is 5.32 Å². The van der Waals surface area contributed by atoms with Gasteiger partial charge in [0.05, 0.1) is 7.11 Å². The molecule has 0 aromatic heterocycles. The van der Waals surface area contributed by atoms with Crippen molar-refractivity contribution in [2.45, 2.75) is 18.6 Å². The summed E-state index contributed by atoms with van der Waals surface area (Å²) in [6, 6.07) is 17.0. The molecule has 0 saturated carbocycles. The zero-order chi connectivity index (χ0) is 22.2. The van der Waals surface area contributed by atoms with Crippen LogP contribution < -0.4 is 19.5 Å². The number of phenolic OH excluding ortho intramolecular Hbond substituents is 1. The van der Waals surface area contributed by atoms with E-state index in [0.29, 0.717) is 12.2 Å². The number of ether oxygens (including phenoxy) is 3. The zero-order valence-electron chi connectivity index (χ0n) is 17.1. The number of methoxy groups -OCH3 is 1. The number of hydrogen-bond acceptors (Lipinski definition) is 6. The zero-order valence-corrected chi connectivity index (χ0v) is 20.3. The summed E-state index contributed by atoms with van der Waals surface area (Å²) >= 11 is 7.08. The van der Waals surface area contributed by atoms with Crippen molar-refractivity contribution >= 4 is 37.6 Å². The van der Waals surface area contributed by atoms with Crippen molar-refractivity contribution in [3.63, 3.8) is 0 Å². The van der Waals surface area contributed by atoms with Crippen LogP contribution in [0.25, 0.3) is 0 Å². The fourth-order valence-electron chi connectivity index (χ4n) is 4.04. The lowest BCUT2D eigenvalue weighted by atomic mass is 9.93. The van der Waals surface area contributed by atoms with Crippen LogP contribution in [0.2, 0.25) is 0 Å². The number of phenols is 1. The molecule has 2 atom stereocenters. The van der Waals surface area contributed by atoms with E-state index < -0.39 is 0 Å². The van der Waals surface area contributed by atoms with Gasteiger partial charge in [0.1, 0.15) is 17.7 Å². The van der Waals surface area contributed by atoms with Crippen LogP contribution in [0.15, 0.2) is 68.5 Å². The molecular weight excluding hydrogens is 540 g/mol. The Labute approximate surface area is 202 Å². The molecule has 0 amide bonds. The highest BCUT2D eigenvalue weighted by molar-refractivity contribution is 9.10. The largest absolute Gasteiger partial charge is 0.508 e. The molecule has 0 unspecified atom stereocenters. The van der Waals surface area contributed by atoms with Gasteiger partial charge in [-0.05, 0) is 60.2 Å². The highest BCUT2D eigenvalue weighted by Crippen LogP contribution is 2.40. The Hall–Kier alpha value is -2.55. The maximum absolute atomic E-state index is 10.6. The predicted molar refractivity (Wildman–Crippen MR) is 129 cm³/mol. The molecule has 2 N–H and O–H groups in total. The summed E-state index contributed by atoms with van der Waals surface area (Å²) in [5, 5.41) is 14.2. The van der Waals surface area contributed by atoms with Crippen LogP contribution in [-0.2, 0) is 0 Å². The minimum absolute atomic E-state index is 0.167. The van der Waals surface area contributed by atoms with Crippen molar-refractivity contribution in [2.24, 2.45) is 4.99 Å². The molecule has 0 aliphatic carbocycles. The molecule has 8 heteroatoms. The molecule has 0 spiro atoms. The topological polar surface area (TPSA) is 72.3 Å². The van der Waals surface area contributed by atoms with Crippen LogP contribution in [0.4, 0.5) is 0 Å². The second-order valence-electron chi connectivity index (χ2n) is 7.56. The van der Waals surface area contributed by atoms with Crippen molar-refractivity contribution < 1.29 is 19.3 Å².